The predicted octanol–water partition coefficient (Wildman–Crippen LogP) is 5.05. The van der Waals surface area contributed by atoms with E-state index >= 15 is 0 Å². The lowest BCUT2D eigenvalue weighted by molar-refractivity contribution is 0.0472. The van der Waals surface area contributed by atoms with Crippen LogP contribution in [-0.2, 0) is 11.3 Å². The topological polar surface area (TPSA) is 39.2 Å². The number of halogens is 4. The molecule has 0 aliphatic carbocycles. The van der Waals surface area contributed by atoms with Crippen LogP contribution in [0, 0.1) is 0 Å². The number of carbonyl (C=O) groups excluding carboxylic acids is 1. The Balaban J connectivity index is 2.11. The minimum Gasteiger partial charge on any atom is -0.457 e. The zero-order chi connectivity index (χ0) is 14.7. The van der Waals surface area contributed by atoms with E-state index in [0.717, 1.165) is 0 Å². The summed E-state index contributed by atoms with van der Waals surface area (Å²) in [5.41, 5.74) is 0.736. The van der Waals surface area contributed by atoms with Gasteiger partial charge in [0.1, 0.15) is 11.8 Å². The fourth-order valence-corrected chi connectivity index (χ4v) is 2.20. The maximum absolute atomic E-state index is 11.9. The molecule has 104 valence electrons. The van der Waals surface area contributed by atoms with Crippen molar-refractivity contribution >= 4 is 52.4 Å². The lowest BCUT2D eigenvalue weighted by Gasteiger charge is -2.08. The quantitative estimate of drug-likeness (QED) is 0.574. The molecule has 0 fully saturated rings. The first-order valence-electron chi connectivity index (χ1n) is 5.40. The highest BCUT2D eigenvalue weighted by molar-refractivity contribution is 6.41. The highest BCUT2D eigenvalue weighted by Crippen LogP contribution is 2.25. The van der Waals surface area contributed by atoms with Crippen LogP contribution in [0.1, 0.15) is 15.9 Å². The molecule has 0 aliphatic rings. The average Bonchev–Trinajstić information content (AvgIpc) is 2.41. The molecule has 0 amide bonds. The number of nitrogens with zero attached hydrogens (tertiary/aromatic N) is 1. The van der Waals surface area contributed by atoms with Crippen molar-refractivity contribution in [1.82, 2.24) is 4.98 Å². The van der Waals surface area contributed by atoms with Gasteiger partial charge in [-0.1, -0.05) is 52.5 Å². The van der Waals surface area contributed by atoms with E-state index in [9.17, 15) is 4.79 Å². The van der Waals surface area contributed by atoms with Crippen molar-refractivity contribution in [2.75, 3.05) is 0 Å². The van der Waals surface area contributed by atoms with Crippen molar-refractivity contribution in [3.63, 3.8) is 0 Å². The normalized spacial score (nSPS) is 10.4. The molecule has 0 saturated carbocycles. The van der Waals surface area contributed by atoms with E-state index < -0.39 is 5.97 Å². The number of esters is 1. The van der Waals surface area contributed by atoms with Gasteiger partial charge in [-0.2, -0.15) is 0 Å². The van der Waals surface area contributed by atoms with Crippen molar-refractivity contribution in [3.8, 4) is 0 Å². The summed E-state index contributed by atoms with van der Waals surface area (Å²) in [5.74, 6) is -0.591. The highest BCUT2D eigenvalue weighted by atomic mass is 35.5. The van der Waals surface area contributed by atoms with Gasteiger partial charge in [-0.3, -0.25) is 0 Å². The summed E-state index contributed by atoms with van der Waals surface area (Å²) in [6, 6.07) is 6.42. The van der Waals surface area contributed by atoms with Gasteiger partial charge in [0, 0.05) is 21.8 Å². The summed E-state index contributed by atoms with van der Waals surface area (Å²) in [4.78, 5) is 15.6. The Hall–Kier alpha value is -1.000. The zero-order valence-corrected chi connectivity index (χ0v) is 12.9. The van der Waals surface area contributed by atoms with Crippen LogP contribution in [0.3, 0.4) is 0 Å². The van der Waals surface area contributed by atoms with Crippen LogP contribution >= 0.6 is 46.4 Å². The first kappa shape index (κ1) is 15.4. The van der Waals surface area contributed by atoms with E-state index in [4.69, 9.17) is 51.1 Å². The van der Waals surface area contributed by atoms with Crippen LogP contribution in [0.4, 0.5) is 0 Å². The summed E-state index contributed by atoms with van der Waals surface area (Å²) in [6.45, 7) is -0.0441. The third-order valence-corrected chi connectivity index (χ3v) is 3.84. The Bertz CT molecular complexity index is 641. The molecule has 0 unspecified atom stereocenters. The van der Waals surface area contributed by atoms with Gasteiger partial charge in [-0.25, -0.2) is 9.78 Å². The lowest BCUT2D eigenvalue weighted by Crippen LogP contribution is -2.06. The Morgan fingerprint density at radius 1 is 1.10 bits per heavy atom. The number of ether oxygens (including phenoxy) is 1. The molecule has 0 N–H and O–H groups in total. The van der Waals surface area contributed by atoms with E-state index in [-0.39, 0.29) is 22.3 Å². The summed E-state index contributed by atoms with van der Waals surface area (Å²) in [5, 5.41) is 1.16. The van der Waals surface area contributed by atoms with Gasteiger partial charge in [-0.15, -0.1) is 0 Å². The van der Waals surface area contributed by atoms with Gasteiger partial charge in [0.15, 0.2) is 0 Å². The van der Waals surface area contributed by atoms with Crippen molar-refractivity contribution in [2.24, 2.45) is 0 Å². The van der Waals surface area contributed by atoms with Crippen LogP contribution in [0.2, 0.25) is 20.2 Å². The van der Waals surface area contributed by atoms with Crippen LogP contribution in [-0.4, -0.2) is 11.0 Å². The van der Waals surface area contributed by atoms with Gasteiger partial charge in [0.2, 0.25) is 0 Å². The SMILES string of the molecule is O=C(OCc1c(Cl)cccc1Cl)c1cnc(Cl)c(Cl)c1. The second-order valence-electron chi connectivity index (χ2n) is 3.77. The van der Waals surface area contributed by atoms with E-state index in [1.165, 1.54) is 12.3 Å². The second-order valence-corrected chi connectivity index (χ2v) is 5.35. The first-order chi connectivity index (χ1) is 9.49. The Morgan fingerprint density at radius 3 is 2.35 bits per heavy atom. The molecule has 2 aromatic rings. The summed E-state index contributed by atoms with van der Waals surface area (Å²) >= 11 is 23.4. The predicted molar refractivity (Wildman–Crippen MR) is 79.8 cm³/mol. The minimum absolute atomic E-state index is 0.0441. The molecule has 1 aromatic heterocycles. The standard InChI is InChI=1S/C13H7Cl4NO2/c14-9-2-1-3-10(15)8(9)6-20-13(19)7-4-11(16)12(17)18-5-7/h1-5H,6H2. The molecule has 7 heteroatoms. The Labute approximate surface area is 135 Å². The summed E-state index contributed by atoms with van der Waals surface area (Å²) < 4.78 is 5.12. The molecular weight excluding hydrogens is 344 g/mol. The van der Waals surface area contributed by atoms with E-state index in [1.54, 1.807) is 18.2 Å². The third-order valence-electron chi connectivity index (χ3n) is 2.44. The molecule has 20 heavy (non-hydrogen) atoms. The fourth-order valence-electron chi connectivity index (χ4n) is 1.42. The maximum Gasteiger partial charge on any atom is 0.340 e. The Morgan fingerprint density at radius 2 is 1.75 bits per heavy atom. The number of aromatic nitrogens is 1. The summed E-state index contributed by atoms with van der Waals surface area (Å²) in [7, 11) is 0. The largest absolute Gasteiger partial charge is 0.457 e. The smallest absolute Gasteiger partial charge is 0.340 e. The van der Waals surface area contributed by atoms with Gasteiger partial charge in [0.25, 0.3) is 0 Å². The molecular formula is C13H7Cl4NO2. The van der Waals surface area contributed by atoms with Crippen molar-refractivity contribution < 1.29 is 9.53 Å². The number of benzene rings is 1. The fraction of sp³-hybridized carbons (Fsp3) is 0.0769. The average molecular weight is 351 g/mol. The molecule has 0 aliphatic heterocycles. The third kappa shape index (κ3) is 3.55. The van der Waals surface area contributed by atoms with Crippen LogP contribution < -0.4 is 0 Å². The molecule has 0 saturated heterocycles. The van der Waals surface area contributed by atoms with Gasteiger partial charge >= 0.3 is 5.97 Å². The number of rotatable bonds is 3. The van der Waals surface area contributed by atoms with Crippen molar-refractivity contribution in [1.29, 1.82) is 0 Å². The summed E-state index contributed by atoms with van der Waals surface area (Å²) in [6.07, 6.45) is 1.28. The van der Waals surface area contributed by atoms with E-state index in [2.05, 4.69) is 4.98 Å². The lowest BCUT2D eigenvalue weighted by atomic mass is 10.2. The van der Waals surface area contributed by atoms with E-state index in [1.807, 2.05) is 0 Å². The maximum atomic E-state index is 11.9. The van der Waals surface area contributed by atoms with Crippen molar-refractivity contribution in [2.45, 2.75) is 6.61 Å². The first-order valence-corrected chi connectivity index (χ1v) is 6.91. The monoisotopic (exact) mass is 349 g/mol. The highest BCUT2D eigenvalue weighted by Gasteiger charge is 2.13. The van der Waals surface area contributed by atoms with Gasteiger partial charge in [0.05, 0.1) is 10.6 Å². The molecule has 0 atom stereocenters. The van der Waals surface area contributed by atoms with Crippen LogP contribution in [0.5, 0.6) is 0 Å². The zero-order valence-electron chi connectivity index (χ0n) is 9.87. The number of hydrogen-bond donors (Lipinski definition) is 0. The number of hydrogen-bond acceptors (Lipinski definition) is 3. The van der Waals surface area contributed by atoms with Gasteiger partial charge in [-0.05, 0) is 18.2 Å². The number of carbonyl (C=O) groups is 1. The van der Waals surface area contributed by atoms with Crippen LogP contribution in [0.25, 0.3) is 0 Å². The molecule has 1 heterocycles. The number of pyridine rings is 1. The molecule has 0 radical (unpaired) electrons. The molecule has 2 rings (SSSR count). The molecule has 1 aromatic carbocycles. The molecule has 0 bridgehead atoms. The van der Waals surface area contributed by atoms with Crippen LogP contribution in [0.15, 0.2) is 30.5 Å². The second kappa shape index (κ2) is 6.64. The van der Waals surface area contributed by atoms with E-state index in [0.29, 0.717) is 15.6 Å². The molecule has 0 spiro atoms. The Kier molecular flexibility index (Phi) is 5.11. The molecule has 3 nitrogen and oxygen atoms in total. The van der Waals surface area contributed by atoms with Crippen molar-refractivity contribution in [3.05, 3.63) is 61.8 Å². The van der Waals surface area contributed by atoms with Gasteiger partial charge < -0.3 is 4.74 Å². The minimum atomic E-state index is -0.591.